The van der Waals surface area contributed by atoms with E-state index in [1.54, 1.807) is 26.3 Å². The largest absolute Gasteiger partial charge is 0.497 e. The molecular formula is C20H19N3O3. The summed E-state index contributed by atoms with van der Waals surface area (Å²) in [5.41, 5.74) is 2.61. The lowest BCUT2D eigenvalue weighted by atomic mass is 10.1. The van der Waals surface area contributed by atoms with Crippen molar-refractivity contribution in [3.8, 4) is 11.6 Å². The molecule has 6 nitrogen and oxygen atoms in total. The number of amides is 1. The van der Waals surface area contributed by atoms with Crippen LogP contribution in [-0.4, -0.2) is 30.4 Å². The first kappa shape index (κ1) is 17.4. The highest BCUT2D eigenvalue weighted by Gasteiger charge is 2.14. The van der Waals surface area contributed by atoms with Crippen LogP contribution in [0.1, 0.15) is 11.3 Å². The molecule has 132 valence electrons. The third-order valence-electron chi connectivity index (χ3n) is 3.85. The van der Waals surface area contributed by atoms with Crippen molar-refractivity contribution in [1.82, 2.24) is 10.2 Å². The number of benzene rings is 2. The Kier molecular flexibility index (Phi) is 5.43. The van der Waals surface area contributed by atoms with Crippen molar-refractivity contribution >= 4 is 11.8 Å². The molecule has 0 aliphatic carbocycles. The van der Waals surface area contributed by atoms with Gasteiger partial charge in [-0.3, -0.25) is 4.90 Å². The summed E-state index contributed by atoms with van der Waals surface area (Å²) in [5.74, 6) is 0.973. The number of hydrogen-bond acceptors (Lipinski definition) is 5. The van der Waals surface area contributed by atoms with Crippen LogP contribution in [0.2, 0.25) is 0 Å². The van der Waals surface area contributed by atoms with Crippen molar-refractivity contribution in [1.29, 1.82) is 0 Å². The molecule has 1 aromatic heterocycles. The predicted molar refractivity (Wildman–Crippen MR) is 98.7 cm³/mol. The van der Waals surface area contributed by atoms with E-state index in [1.165, 1.54) is 4.90 Å². The van der Waals surface area contributed by atoms with Gasteiger partial charge < -0.3 is 9.47 Å². The number of anilines is 1. The van der Waals surface area contributed by atoms with Crippen LogP contribution in [0.4, 0.5) is 10.5 Å². The van der Waals surface area contributed by atoms with Crippen LogP contribution in [-0.2, 0) is 6.42 Å². The van der Waals surface area contributed by atoms with Crippen LogP contribution in [0.15, 0.2) is 66.7 Å². The molecule has 0 fully saturated rings. The van der Waals surface area contributed by atoms with Gasteiger partial charge in [-0.25, -0.2) is 4.79 Å². The zero-order valence-electron chi connectivity index (χ0n) is 14.6. The fourth-order valence-corrected chi connectivity index (χ4v) is 2.36. The maximum absolute atomic E-state index is 12.2. The molecule has 0 bridgehead atoms. The summed E-state index contributed by atoms with van der Waals surface area (Å²) in [7, 11) is 3.28. The Morgan fingerprint density at radius 1 is 0.962 bits per heavy atom. The van der Waals surface area contributed by atoms with Gasteiger partial charge in [-0.15, -0.1) is 5.10 Å². The molecule has 0 saturated heterocycles. The first-order valence-corrected chi connectivity index (χ1v) is 8.12. The van der Waals surface area contributed by atoms with E-state index in [0.29, 0.717) is 6.42 Å². The minimum absolute atomic E-state index is 0.163. The Morgan fingerprint density at radius 2 is 1.69 bits per heavy atom. The van der Waals surface area contributed by atoms with E-state index < -0.39 is 6.09 Å². The molecule has 0 spiro atoms. The fraction of sp³-hybridized carbons (Fsp3) is 0.150. The maximum Gasteiger partial charge on any atom is 0.420 e. The summed E-state index contributed by atoms with van der Waals surface area (Å²) < 4.78 is 10.4. The Morgan fingerprint density at radius 3 is 2.31 bits per heavy atom. The van der Waals surface area contributed by atoms with Gasteiger partial charge in [0.1, 0.15) is 5.75 Å². The van der Waals surface area contributed by atoms with E-state index in [9.17, 15) is 4.79 Å². The molecule has 3 aromatic rings. The Bertz CT molecular complexity index is 850. The molecule has 0 aliphatic rings. The minimum Gasteiger partial charge on any atom is -0.497 e. The van der Waals surface area contributed by atoms with Crippen molar-refractivity contribution in [2.24, 2.45) is 0 Å². The summed E-state index contributed by atoms with van der Waals surface area (Å²) in [4.78, 5) is 13.6. The number of rotatable bonds is 5. The molecule has 0 N–H and O–H groups in total. The summed E-state index contributed by atoms with van der Waals surface area (Å²) >= 11 is 0. The van der Waals surface area contributed by atoms with Gasteiger partial charge in [0.05, 0.1) is 12.8 Å². The fourth-order valence-electron chi connectivity index (χ4n) is 2.36. The first-order chi connectivity index (χ1) is 12.7. The summed E-state index contributed by atoms with van der Waals surface area (Å²) in [6.45, 7) is 0. The number of carbonyl (C=O) groups excluding carboxylic acids is 1. The molecule has 26 heavy (non-hydrogen) atoms. The second-order valence-corrected chi connectivity index (χ2v) is 5.65. The summed E-state index contributed by atoms with van der Waals surface area (Å²) in [5, 5.41) is 8.10. The first-order valence-electron chi connectivity index (χ1n) is 8.12. The number of ether oxygens (including phenoxy) is 2. The molecule has 0 atom stereocenters. The minimum atomic E-state index is -0.520. The predicted octanol–water partition coefficient (Wildman–Crippen LogP) is 3.71. The third-order valence-corrected chi connectivity index (χ3v) is 3.85. The quantitative estimate of drug-likeness (QED) is 0.702. The number of methoxy groups -OCH3 is 1. The topological polar surface area (TPSA) is 64.6 Å². The number of para-hydroxylation sites is 1. The molecule has 0 saturated carbocycles. The SMILES string of the molecule is COc1ccc(Cc2ccc(OC(=O)N(C)c3ccccc3)nn2)cc1. The van der Waals surface area contributed by atoms with Gasteiger partial charge in [-0.2, -0.15) is 5.10 Å². The lowest BCUT2D eigenvalue weighted by Gasteiger charge is -2.16. The molecule has 0 aliphatic heterocycles. The number of hydrogen-bond donors (Lipinski definition) is 0. The molecule has 2 aromatic carbocycles. The number of nitrogens with zero attached hydrogens (tertiary/aromatic N) is 3. The lowest BCUT2D eigenvalue weighted by molar-refractivity contribution is 0.206. The van der Waals surface area contributed by atoms with Crippen molar-refractivity contribution in [3.05, 3.63) is 78.0 Å². The van der Waals surface area contributed by atoms with E-state index in [1.807, 2.05) is 54.6 Å². The number of carbonyl (C=O) groups is 1. The van der Waals surface area contributed by atoms with Gasteiger partial charge in [-0.05, 0) is 35.9 Å². The van der Waals surface area contributed by atoms with E-state index in [-0.39, 0.29) is 5.88 Å². The summed E-state index contributed by atoms with van der Waals surface area (Å²) in [6, 6.07) is 20.4. The van der Waals surface area contributed by atoms with Gasteiger partial charge in [0.15, 0.2) is 0 Å². The van der Waals surface area contributed by atoms with Crippen LogP contribution >= 0.6 is 0 Å². The van der Waals surface area contributed by atoms with Gasteiger partial charge in [0, 0.05) is 25.2 Å². The van der Waals surface area contributed by atoms with Gasteiger partial charge in [0.2, 0.25) is 5.88 Å². The summed E-state index contributed by atoms with van der Waals surface area (Å²) in [6.07, 6.45) is 0.114. The highest BCUT2D eigenvalue weighted by molar-refractivity contribution is 5.88. The molecule has 1 heterocycles. The Balaban J connectivity index is 1.61. The third kappa shape index (κ3) is 4.36. The monoisotopic (exact) mass is 349 g/mol. The lowest BCUT2D eigenvalue weighted by Crippen LogP contribution is -2.29. The Labute approximate surface area is 152 Å². The van der Waals surface area contributed by atoms with E-state index in [2.05, 4.69) is 10.2 Å². The maximum atomic E-state index is 12.2. The van der Waals surface area contributed by atoms with Crippen LogP contribution in [0, 0.1) is 0 Å². The Hall–Kier alpha value is -3.41. The van der Waals surface area contributed by atoms with E-state index >= 15 is 0 Å². The van der Waals surface area contributed by atoms with Crippen molar-refractivity contribution < 1.29 is 14.3 Å². The highest BCUT2D eigenvalue weighted by atomic mass is 16.6. The molecule has 3 rings (SSSR count). The van der Waals surface area contributed by atoms with Crippen molar-refractivity contribution in [2.45, 2.75) is 6.42 Å². The van der Waals surface area contributed by atoms with Crippen molar-refractivity contribution in [2.75, 3.05) is 19.1 Å². The van der Waals surface area contributed by atoms with E-state index in [4.69, 9.17) is 9.47 Å². The van der Waals surface area contributed by atoms with Gasteiger partial charge >= 0.3 is 6.09 Å². The van der Waals surface area contributed by atoms with E-state index in [0.717, 1.165) is 22.7 Å². The van der Waals surface area contributed by atoms with Crippen LogP contribution < -0.4 is 14.4 Å². The zero-order valence-corrected chi connectivity index (χ0v) is 14.6. The molecular weight excluding hydrogens is 330 g/mol. The molecule has 0 unspecified atom stereocenters. The second-order valence-electron chi connectivity index (χ2n) is 5.65. The van der Waals surface area contributed by atoms with Crippen LogP contribution in [0.3, 0.4) is 0 Å². The number of aromatic nitrogens is 2. The zero-order chi connectivity index (χ0) is 18.4. The highest BCUT2D eigenvalue weighted by Crippen LogP contribution is 2.16. The van der Waals surface area contributed by atoms with Crippen molar-refractivity contribution in [3.63, 3.8) is 0 Å². The molecule has 1 amide bonds. The standard InChI is InChI=1S/C20H19N3O3/c1-23(17-6-4-3-5-7-17)20(24)26-19-13-10-16(21-22-19)14-15-8-11-18(25-2)12-9-15/h3-13H,14H2,1-2H3. The normalized spacial score (nSPS) is 10.2. The average molecular weight is 349 g/mol. The van der Waals surface area contributed by atoms with Crippen LogP contribution in [0.5, 0.6) is 11.6 Å². The molecule has 0 radical (unpaired) electrons. The smallest absolute Gasteiger partial charge is 0.420 e. The average Bonchev–Trinajstić information content (AvgIpc) is 2.70. The van der Waals surface area contributed by atoms with Gasteiger partial charge in [0.25, 0.3) is 0 Å². The van der Waals surface area contributed by atoms with Crippen LogP contribution in [0.25, 0.3) is 0 Å². The van der Waals surface area contributed by atoms with Gasteiger partial charge in [-0.1, -0.05) is 30.3 Å². The molecule has 6 heteroatoms. The second kappa shape index (κ2) is 8.11.